The van der Waals surface area contributed by atoms with Crippen LogP contribution in [-0.4, -0.2) is 63.0 Å². The molecule has 0 radical (unpaired) electrons. The molecule has 0 amide bonds. The van der Waals surface area contributed by atoms with Crippen LogP contribution < -0.4 is 15.0 Å². The third kappa shape index (κ3) is 4.83. The SMILES string of the molecule is CN(c1cnc(-c2ccc(-c3cncc(OC(F)(F)F)c3)cc2O)nn1)[C@@H]1C[C@H]2CC[C@@H](N2)[C@@H]1F. The van der Waals surface area contributed by atoms with Crippen LogP contribution in [0.1, 0.15) is 19.3 Å². The first kappa shape index (κ1) is 23.2. The predicted octanol–water partition coefficient (Wildman–Crippen LogP) is 3.87. The van der Waals surface area contributed by atoms with Crippen molar-refractivity contribution in [2.24, 2.45) is 0 Å². The predicted molar refractivity (Wildman–Crippen MR) is 118 cm³/mol. The standard InChI is InChI=1S/C23H22F4N6O2/c1-33(18-8-14-3-5-17(30-14)21(18)24)20-11-29-22(32-31-20)16-4-2-12(7-19(16)34)13-6-15(10-28-9-13)35-23(25,26)27/h2,4,6-7,9-11,14,17-18,21,30,34H,3,5,8H2,1H3/t14-,17-,18-,21+/m1/s1. The van der Waals surface area contributed by atoms with Crippen molar-refractivity contribution in [3.05, 3.63) is 42.9 Å². The number of rotatable bonds is 5. The summed E-state index contributed by atoms with van der Waals surface area (Å²) in [7, 11) is 1.77. The van der Waals surface area contributed by atoms with Gasteiger partial charge in [0.1, 0.15) is 17.7 Å². The van der Waals surface area contributed by atoms with Gasteiger partial charge in [0.2, 0.25) is 0 Å². The number of pyridine rings is 1. The third-order valence-corrected chi connectivity index (χ3v) is 6.48. The van der Waals surface area contributed by atoms with E-state index in [0.29, 0.717) is 29.4 Å². The summed E-state index contributed by atoms with van der Waals surface area (Å²) in [5.41, 5.74) is 1.03. The summed E-state index contributed by atoms with van der Waals surface area (Å²) >= 11 is 0. The van der Waals surface area contributed by atoms with E-state index in [1.807, 2.05) is 0 Å². The van der Waals surface area contributed by atoms with Crippen LogP contribution >= 0.6 is 0 Å². The highest BCUT2D eigenvalue weighted by Gasteiger charge is 2.44. The molecular formula is C23H22F4N6O2. The van der Waals surface area contributed by atoms with Crippen LogP contribution in [0.3, 0.4) is 0 Å². The van der Waals surface area contributed by atoms with Gasteiger partial charge >= 0.3 is 6.36 Å². The lowest BCUT2D eigenvalue weighted by Gasteiger charge is -2.38. The molecule has 0 aliphatic carbocycles. The fraction of sp³-hybridized carbons (Fsp3) is 0.391. The second-order valence-corrected chi connectivity index (χ2v) is 8.73. The summed E-state index contributed by atoms with van der Waals surface area (Å²) in [6, 6.07) is 5.48. The molecule has 2 aliphatic heterocycles. The lowest BCUT2D eigenvalue weighted by Crippen LogP contribution is -2.55. The molecule has 0 unspecified atom stereocenters. The fourth-order valence-electron chi connectivity index (χ4n) is 4.74. The maximum atomic E-state index is 14.9. The summed E-state index contributed by atoms with van der Waals surface area (Å²) in [6.45, 7) is 0. The van der Waals surface area contributed by atoms with E-state index in [2.05, 4.69) is 30.2 Å². The molecule has 3 aromatic rings. The van der Waals surface area contributed by atoms with Gasteiger partial charge in [-0.25, -0.2) is 9.37 Å². The highest BCUT2D eigenvalue weighted by Crippen LogP contribution is 2.35. The second kappa shape index (κ2) is 8.91. The number of ether oxygens (including phenoxy) is 1. The van der Waals surface area contributed by atoms with Gasteiger partial charge in [0.05, 0.1) is 24.0 Å². The van der Waals surface area contributed by atoms with E-state index in [-0.39, 0.29) is 29.2 Å². The Morgan fingerprint density at radius 1 is 1.09 bits per heavy atom. The fourth-order valence-corrected chi connectivity index (χ4v) is 4.74. The highest BCUT2D eigenvalue weighted by molar-refractivity contribution is 5.73. The zero-order valence-corrected chi connectivity index (χ0v) is 18.6. The van der Waals surface area contributed by atoms with Crippen LogP contribution in [0.25, 0.3) is 22.5 Å². The zero-order chi connectivity index (χ0) is 24.7. The van der Waals surface area contributed by atoms with Crippen LogP contribution in [-0.2, 0) is 0 Å². The van der Waals surface area contributed by atoms with Crippen LogP contribution in [0.2, 0.25) is 0 Å². The Kier molecular flexibility index (Phi) is 5.91. The smallest absolute Gasteiger partial charge is 0.507 e. The average Bonchev–Trinajstić information content (AvgIpc) is 3.23. The molecule has 2 saturated heterocycles. The molecule has 2 bridgehead atoms. The second-order valence-electron chi connectivity index (χ2n) is 8.73. The van der Waals surface area contributed by atoms with Crippen molar-refractivity contribution in [1.29, 1.82) is 0 Å². The number of hydrogen-bond donors (Lipinski definition) is 2. The van der Waals surface area contributed by atoms with Gasteiger partial charge < -0.3 is 20.1 Å². The molecule has 2 aromatic heterocycles. The van der Waals surface area contributed by atoms with E-state index < -0.39 is 18.3 Å². The molecule has 4 heterocycles. The minimum atomic E-state index is -4.84. The number of piperidine rings is 1. The van der Waals surface area contributed by atoms with Crippen molar-refractivity contribution in [1.82, 2.24) is 25.5 Å². The number of phenolic OH excluding ortho intramolecular Hbond substituents is 1. The van der Waals surface area contributed by atoms with E-state index in [4.69, 9.17) is 0 Å². The Morgan fingerprint density at radius 3 is 2.63 bits per heavy atom. The Labute approximate surface area is 198 Å². The van der Waals surface area contributed by atoms with Crippen LogP contribution in [0.5, 0.6) is 11.5 Å². The Hall–Kier alpha value is -3.54. The number of halogens is 4. The third-order valence-electron chi connectivity index (χ3n) is 6.48. The van der Waals surface area contributed by atoms with Crippen molar-refractivity contribution in [2.45, 2.75) is 49.9 Å². The van der Waals surface area contributed by atoms with E-state index in [1.165, 1.54) is 30.6 Å². The van der Waals surface area contributed by atoms with Crippen molar-refractivity contribution in [3.63, 3.8) is 0 Å². The molecule has 184 valence electrons. The van der Waals surface area contributed by atoms with Gasteiger partial charge in [0, 0.05) is 30.9 Å². The number of benzene rings is 1. The van der Waals surface area contributed by atoms with Gasteiger partial charge in [0.25, 0.3) is 0 Å². The van der Waals surface area contributed by atoms with Crippen LogP contribution in [0.15, 0.2) is 42.9 Å². The van der Waals surface area contributed by atoms with Gasteiger partial charge in [0.15, 0.2) is 11.6 Å². The van der Waals surface area contributed by atoms with Gasteiger partial charge in [-0.3, -0.25) is 4.98 Å². The molecule has 35 heavy (non-hydrogen) atoms. The molecule has 5 rings (SSSR count). The summed E-state index contributed by atoms with van der Waals surface area (Å²) in [5.74, 6) is -0.0820. The zero-order valence-electron chi connectivity index (χ0n) is 18.6. The van der Waals surface area contributed by atoms with E-state index in [1.54, 1.807) is 18.0 Å². The molecule has 1 aromatic carbocycles. The Bertz CT molecular complexity index is 1210. The molecular weight excluding hydrogens is 468 g/mol. The average molecular weight is 490 g/mol. The number of aromatic hydroxyl groups is 1. The van der Waals surface area contributed by atoms with Crippen molar-refractivity contribution < 1.29 is 27.4 Å². The van der Waals surface area contributed by atoms with Gasteiger partial charge in [-0.15, -0.1) is 23.4 Å². The van der Waals surface area contributed by atoms with Crippen molar-refractivity contribution in [2.75, 3.05) is 11.9 Å². The molecule has 12 heteroatoms. The number of hydrogen-bond acceptors (Lipinski definition) is 8. The number of phenols is 1. The lowest BCUT2D eigenvalue weighted by atomic mass is 9.96. The molecule has 2 N–H and O–H groups in total. The Morgan fingerprint density at radius 2 is 1.91 bits per heavy atom. The number of alkyl halides is 4. The minimum Gasteiger partial charge on any atom is -0.507 e. The monoisotopic (exact) mass is 490 g/mol. The molecule has 4 atom stereocenters. The number of fused-ring (bicyclic) bond motifs is 2. The van der Waals surface area contributed by atoms with Gasteiger partial charge in [-0.2, -0.15) is 0 Å². The van der Waals surface area contributed by atoms with E-state index in [0.717, 1.165) is 19.0 Å². The van der Waals surface area contributed by atoms with Gasteiger partial charge in [-0.1, -0.05) is 6.07 Å². The molecule has 8 nitrogen and oxygen atoms in total. The number of anilines is 1. The normalized spacial score (nSPS) is 23.8. The summed E-state index contributed by atoms with van der Waals surface area (Å²) in [5, 5.41) is 22.1. The first-order valence-electron chi connectivity index (χ1n) is 11.0. The molecule has 0 saturated carbocycles. The highest BCUT2D eigenvalue weighted by atomic mass is 19.4. The molecule has 2 fully saturated rings. The molecule has 2 aliphatic rings. The van der Waals surface area contributed by atoms with Crippen LogP contribution in [0, 0.1) is 0 Å². The number of nitrogens with zero attached hydrogens (tertiary/aromatic N) is 5. The van der Waals surface area contributed by atoms with Crippen LogP contribution in [0.4, 0.5) is 23.4 Å². The number of aromatic nitrogens is 4. The Balaban J connectivity index is 1.33. The first-order valence-corrected chi connectivity index (χ1v) is 11.0. The maximum Gasteiger partial charge on any atom is 0.573 e. The lowest BCUT2D eigenvalue weighted by molar-refractivity contribution is -0.274. The first-order chi connectivity index (χ1) is 16.7. The van der Waals surface area contributed by atoms with Gasteiger partial charge in [-0.05, 0) is 43.0 Å². The molecule has 0 spiro atoms. The maximum absolute atomic E-state index is 14.9. The van der Waals surface area contributed by atoms with Crippen molar-refractivity contribution in [3.8, 4) is 34.0 Å². The quantitative estimate of drug-likeness (QED) is 0.521. The minimum absolute atomic E-state index is 0.146. The number of nitrogens with one attached hydrogen (secondary N) is 1. The summed E-state index contributed by atoms with van der Waals surface area (Å²) in [6.07, 6.45) is 0.376. The summed E-state index contributed by atoms with van der Waals surface area (Å²) < 4.78 is 56.2. The van der Waals surface area contributed by atoms with E-state index in [9.17, 15) is 22.7 Å². The van der Waals surface area contributed by atoms with Crippen molar-refractivity contribution >= 4 is 5.82 Å². The summed E-state index contributed by atoms with van der Waals surface area (Å²) in [4.78, 5) is 9.81. The largest absolute Gasteiger partial charge is 0.573 e. The topological polar surface area (TPSA) is 96.3 Å². The van der Waals surface area contributed by atoms with E-state index >= 15 is 0 Å².